The molecule has 2 atom stereocenters. The van der Waals surface area contributed by atoms with Crippen molar-refractivity contribution >= 4 is 35.2 Å². The van der Waals surface area contributed by atoms with Crippen molar-refractivity contribution in [3.63, 3.8) is 0 Å². The van der Waals surface area contributed by atoms with Gasteiger partial charge in [0.2, 0.25) is 5.91 Å². The van der Waals surface area contributed by atoms with Gasteiger partial charge in [0.1, 0.15) is 5.38 Å². The van der Waals surface area contributed by atoms with Crippen molar-refractivity contribution in [2.45, 2.75) is 45.2 Å². The van der Waals surface area contributed by atoms with Crippen molar-refractivity contribution in [2.75, 3.05) is 12.4 Å². The van der Waals surface area contributed by atoms with Crippen LogP contribution in [0.1, 0.15) is 39.3 Å². The number of alkyl halides is 1. The smallest absolute Gasteiger partial charge is 0.338 e. The molecule has 1 heterocycles. The quantitative estimate of drug-likeness (QED) is 0.594. The second-order valence-electron chi connectivity index (χ2n) is 6.63. The van der Waals surface area contributed by atoms with Gasteiger partial charge in [0.15, 0.2) is 0 Å². The molecule has 7 nitrogen and oxygen atoms in total. The minimum Gasteiger partial charge on any atom is -0.459 e. The van der Waals surface area contributed by atoms with Gasteiger partial charge < -0.3 is 20.3 Å². The third-order valence-electron chi connectivity index (χ3n) is 4.17. The van der Waals surface area contributed by atoms with Crippen molar-refractivity contribution in [1.29, 1.82) is 0 Å². The Morgan fingerprint density at radius 1 is 1.30 bits per heavy atom. The number of ether oxygens (including phenoxy) is 1. The first-order valence-electron chi connectivity index (χ1n) is 8.62. The third-order valence-corrected chi connectivity index (χ3v) is 4.36. The maximum Gasteiger partial charge on any atom is 0.338 e. The number of urea groups is 1. The lowest BCUT2D eigenvalue weighted by molar-refractivity contribution is -0.143. The summed E-state index contributed by atoms with van der Waals surface area (Å²) in [6.45, 7) is 6.79. The van der Waals surface area contributed by atoms with Crippen LogP contribution < -0.4 is 10.6 Å². The number of halogens is 1. The van der Waals surface area contributed by atoms with E-state index in [0.29, 0.717) is 22.5 Å². The summed E-state index contributed by atoms with van der Waals surface area (Å²) in [5.74, 6) is -0.837. The molecule has 27 heavy (non-hydrogen) atoms. The van der Waals surface area contributed by atoms with Crippen molar-refractivity contribution in [3.8, 4) is 0 Å². The number of esters is 1. The van der Waals surface area contributed by atoms with Crippen LogP contribution in [0.5, 0.6) is 0 Å². The Morgan fingerprint density at radius 2 is 1.96 bits per heavy atom. The Bertz CT molecular complexity index is 789. The second kappa shape index (κ2) is 8.43. The molecule has 146 valence electrons. The van der Waals surface area contributed by atoms with E-state index in [9.17, 15) is 14.4 Å². The molecule has 1 aliphatic rings. The van der Waals surface area contributed by atoms with E-state index in [1.165, 1.54) is 4.90 Å². The summed E-state index contributed by atoms with van der Waals surface area (Å²) in [4.78, 5) is 38.1. The van der Waals surface area contributed by atoms with Gasteiger partial charge in [-0.3, -0.25) is 4.79 Å². The van der Waals surface area contributed by atoms with Gasteiger partial charge >= 0.3 is 12.0 Å². The summed E-state index contributed by atoms with van der Waals surface area (Å²) in [5.41, 5.74) is 2.03. The summed E-state index contributed by atoms with van der Waals surface area (Å²) in [5, 5.41) is 4.83. The van der Waals surface area contributed by atoms with Gasteiger partial charge in [0.25, 0.3) is 0 Å². The minimum atomic E-state index is -0.690. The highest BCUT2D eigenvalue weighted by Crippen LogP contribution is 2.32. The van der Waals surface area contributed by atoms with Crippen LogP contribution >= 0.6 is 11.6 Å². The van der Waals surface area contributed by atoms with E-state index in [2.05, 4.69) is 10.6 Å². The minimum absolute atomic E-state index is 0.294. The van der Waals surface area contributed by atoms with Crippen LogP contribution in [-0.4, -0.2) is 41.3 Å². The van der Waals surface area contributed by atoms with Crippen LogP contribution in [-0.2, 0) is 14.3 Å². The molecule has 0 bridgehead atoms. The molecule has 0 aromatic heterocycles. The molecule has 1 aromatic rings. The number of carbonyl (C=O) groups is 3. The van der Waals surface area contributed by atoms with Gasteiger partial charge in [0, 0.05) is 18.4 Å². The van der Waals surface area contributed by atoms with E-state index in [0.717, 1.165) is 0 Å². The lowest BCUT2D eigenvalue weighted by Crippen LogP contribution is -2.46. The topological polar surface area (TPSA) is 87.7 Å². The molecular weight excluding hydrogens is 370 g/mol. The van der Waals surface area contributed by atoms with E-state index in [1.807, 2.05) is 0 Å². The zero-order valence-corrected chi connectivity index (χ0v) is 16.8. The number of hydrogen-bond donors (Lipinski definition) is 2. The first-order valence-corrected chi connectivity index (χ1v) is 9.06. The Balaban J connectivity index is 2.43. The fraction of sp³-hybridized carbons (Fsp3) is 0.421. The fourth-order valence-corrected chi connectivity index (χ4v) is 2.72. The Kier molecular flexibility index (Phi) is 6.49. The van der Waals surface area contributed by atoms with E-state index >= 15 is 0 Å². The van der Waals surface area contributed by atoms with Crippen molar-refractivity contribution in [1.82, 2.24) is 10.2 Å². The molecule has 0 spiro atoms. The van der Waals surface area contributed by atoms with Crippen LogP contribution in [0, 0.1) is 0 Å². The zero-order chi connectivity index (χ0) is 20.3. The maximum absolute atomic E-state index is 12.7. The summed E-state index contributed by atoms with van der Waals surface area (Å²) < 4.78 is 5.36. The Labute approximate surface area is 163 Å². The van der Waals surface area contributed by atoms with E-state index in [-0.39, 0.29) is 18.0 Å². The molecule has 2 N–H and O–H groups in total. The number of hydrogen-bond acceptors (Lipinski definition) is 4. The summed E-state index contributed by atoms with van der Waals surface area (Å²) in [6.07, 6.45) is -0.294. The van der Waals surface area contributed by atoms with Crippen molar-refractivity contribution in [3.05, 3.63) is 41.1 Å². The predicted octanol–water partition coefficient (Wildman–Crippen LogP) is 3.17. The number of nitrogens with zero attached hydrogens (tertiary/aromatic N) is 1. The third kappa shape index (κ3) is 4.80. The molecule has 0 fully saturated rings. The highest BCUT2D eigenvalue weighted by molar-refractivity contribution is 6.32. The molecular formula is C19H24ClN3O4. The predicted molar refractivity (Wildman–Crippen MR) is 103 cm³/mol. The number of rotatable bonds is 5. The average molecular weight is 394 g/mol. The van der Waals surface area contributed by atoms with Gasteiger partial charge in [-0.1, -0.05) is 12.1 Å². The highest BCUT2D eigenvalue weighted by atomic mass is 35.5. The largest absolute Gasteiger partial charge is 0.459 e. The van der Waals surface area contributed by atoms with Crippen LogP contribution in [0.25, 0.3) is 0 Å². The lowest BCUT2D eigenvalue weighted by Gasteiger charge is -2.33. The van der Waals surface area contributed by atoms with Crippen molar-refractivity contribution < 1.29 is 19.1 Å². The molecule has 0 radical (unpaired) electrons. The Hall–Kier alpha value is -2.54. The maximum atomic E-state index is 12.7. The molecule has 0 aliphatic carbocycles. The van der Waals surface area contributed by atoms with Gasteiger partial charge in [-0.25, -0.2) is 9.59 Å². The molecule has 8 heteroatoms. The highest BCUT2D eigenvalue weighted by Gasteiger charge is 2.35. The molecule has 1 aliphatic heterocycles. The van der Waals surface area contributed by atoms with E-state index in [1.54, 1.807) is 59.0 Å². The summed E-state index contributed by atoms with van der Waals surface area (Å²) in [6, 6.07) is 5.89. The van der Waals surface area contributed by atoms with Crippen LogP contribution in [0.4, 0.5) is 10.5 Å². The van der Waals surface area contributed by atoms with Gasteiger partial charge in [0.05, 0.1) is 17.7 Å². The van der Waals surface area contributed by atoms with E-state index in [4.69, 9.17) is 16.3 Å². The monoisotopic (exact) mass is 393 g/mol. The first-order chi connectivity index (χ1) is 12.6. The average Bonchev–Trinajstić information content (AvgIpc) is 2.58. The van der Waals surface area contributed by atoms with Crippen molar-refractivity contribution in [2.24, 2.45) is 0 Å². The number of amides is 3. The zero-order valence-electron chi connectivity index (χ0n) is 16.0. The van der Waals surface area contributed by atoms with Crippen LogP contribution in [0.2, 0.25) is 0 Å². The number of allylic oxidation sites excluding steroid dienone is 1. The standard InChI is InChI=1S/C19H24ClN3O4/c1-10(2)27-18(25)15-12(4)23(5)19(26)22-16(15)13-7-6-8-14(9-13)21-17(24)11(3)20/h6-11,16H,1-5H3,(H,21,24)(H,22,26)/t11-,16+/m1/s1. The number of nitrogens with one attached hydrogen (secondary N) is 2. The van der Waals surface area contributed by atoms with Crippen LogP contribution in [0.3, 0.4) is 0 Å². The lowest BCUT2D eigenvalue weighted by atomic mass is 9.94. The number of benzene rings is 1. The van der Waals surface area contributed by atoms with Crippen LogP contribution in [0.15, 0.2) is 35.5 Å². The number of carbonyl (C=O) groups excluding carboxylic acids is 3. The molecule has 0 saturated carbocycles. The first kappa shape index (κ1) is 20.8. The molecule has 2 rings (SSSR count). The molecule has 3 amide bonds. The summed E-state index contributed by atoms with van der Waals surface area (Å²) in [7, 11) is 1.59. The van der Waals surface area contributed by atoms with E-state index < -0.39 is 17.4 Å². The second-order valence-corrected chi connectivity index (χ2v) is 7.28. The fourth-order valence-electron chi connectivity index (χ4n) is 2.67. The number of anilines is 1. The molecule has 0 saturated heterocycles. The molecule has 1 aromatic carbocycles. The summed E-state index contributed by atoms with van der Waals surface area (Å²) >= 11 is 5.79. The Morgan fingerprint density at radius 3 is 2.56 bits per heavy atom. The SMILES string of the molecule is CC1=C(C(=O)OC(C)C)[C@H](c2cccc(NC(=O)[C@@H](C)Cl)c2)NC(=O)N1C. The van der Waals surface area contributed by atoms with Gasteiger partial charge in [-0.05, 0) is 45.4 Å². The van der Waals surface area contributed by atoms with Gasteiger partial charge in [-0.15, -0.1) is 11.6 Å². The molecule has 0 unspecified atom stereocenters. The van der Waals surface area contributed by atoms with Gasteiger partial charge in [-0.2, -0.15) is 0 Å². The normalized spacial score (nSPS) is 18.3.